The first-order valence-corrected chi connectivity index (χ1v) is 5.53. The maximum Gasteiger partial charge on any atom is 1.00 e. The molecule has 0 aliphatic heterocycles. The molecule has 12 nitrogen and oxygen atoms in total. The van der Waals surface area contributed by atoms with Crippen molar-refractivity contribution in [2.24, 2.45) is 0 Å². The molecule has 0 unspecified atom stereocenters. The fourth-order valence-corrected chi connectivity index (χ4v) is 2.00. The molecule has 0 fully saturated rings. The smallest absolute Gasteiger partial charge is 0.744 e. The molecule has 14 heteroatoms. The van der Waals surface area contributed by atoms with Gasteiger partial charge < -0.3 is 4.55 Å². The summed E-state index contributed by atoms with van der Waals surface area (Å²) in [4.78, 5) is 25.8. The Balaban J connectivity index is 0.00000361. The minimum atomic E-state index is -5.55. The fourth-order valence-electron chi connectivity index (χ4n) is 1.22. The summed E-state index contributed by atoms with van der Waals surface area (Å²) in [5, 5.41) is 31.6. The number of hydrogen-bond acceptors (Lipinski definition) is 9. The van der Waals surface area contributed by atoms with Crippen molar-refractivity contribution >= 4 is 27.2 Å². The van der Waals surface area contributed by atoms with Crippen LogP contribution < -0.4 is 29.6 Å². The van der Waals surface area contributed by atoms with Crippen molar-refractivity contribution in [3.63, 3.8) is 0 Å². The summed E-state index contributed by atoms with van der Waals surface area (Å²) in [6.07, 6.45) is 0. The van der Waals surface area contributed by atoms with Crippen LogP contribution in [-0.2, 0) is 10.1 Å². The topological polar surface area (TPSA) is 187 Å². The average Bonchev–Trinajstić information content (AvgIpc) is 2.25. The first-order valence-electron chi connectivity index (χ1n) is 4.13. The number of benzene rings is 1. The van der Waals surface area contributed by atoms with Gasteiger partial charge >= 0.3 is 40.9 Å². The minimum absolute atomic E-state index is 0. The number of nitro groups is 3. The van der Waals surface area contributed by atoms with Crippen LogP contribution in [-0.4, -0.2) is 27.7 Å². The van der Waals surface area contributed by atoms with Crippen LogP contribution in [0, 0.1) is 30.3 Å². The van der Waals surface area contributed by atoms with Gasteiger partial charge in [0.15, 0.2) is 0 Å². The molecule has 0 radical (unpaired) electrons. The molecule has 0 N–H and O–H groups in total. The van der Waals surface area contributed by atoms with E-state index in [9.17, 15) is 43.3 Å². The van der Waals surface area contributed by atoms with Crippen LogP contribution >= 0.6 is 0 Å². The van der Waals surface area contributed by atoms with Gasteiger partial charge in [0.25, 0.3) is 5.69 Å². The second-order valence-corrected chi connectivity index (χ2v) is 4.36. The van der Waals surface area contributed by atoms with Gasteiger partial charge in [0.05, 0.1) is 26.9 Å². The summed E-state index contributed by atoms with van der Waals surface area (Å²) >= 11 is 0. The van der Waals surface area contributed by atoms with Crippen molar-refractivity contribution in [2.75, 3.05) is 0 Å². The van der Waals surface area contributed by atoms with Gasteiger partial charge in [-0.25, -0.2) is 8.42 Å². The first kappa shape index (κ1) is 18.3. The molecule has 1 rings (SSSR count). The van der Waals surface area contributed by atoms with Crippen molar-refractivity contribution in [2.45, 2.75) is 4.90 Å². The third-order valence-corrected chi connectivity index (χ3v) is 2.81. The molecule has 0 saturated heterocycles. The van der Waals surface area contributed by atoms with Crippen LogP contribution in [0.1, 0.15) is 0 Å². The Morgan fingerprint density at radius 3 is 1.40 bits per heavy atom. The summed E-state index contributed by atoms with van der Waals surface area (Å²) in [7, 11) is -5.55. The van der Waals surface area contributed by atoms with E-state index in [4.69, 9.17) is 0 Å². The Morgan fingerprint density at radius 2 is 1.20 bits per heavy atom. The Hall–Kier alpha value is -1.67. The maximum atomic E-state index is 10.8. The van der Waals surface area contributed by atoms with Crippen molar-refractivity contribution in [3.05, 3.63) is 42.5 Å². The van der Waals surface area contributed by atoms with Gasteiger partial charge in [-0.2, -0.15) is 0 Å². The predicted octanol–water partition coefficient (Wildman–Crippen LogP) is -2.68. The summed E-state index contributed by atoms with van der Waals surface area (Å²) in [5.74, 6) is 0. The second-order valence-electron chi connectivity index (χ2n) is 3.04. The van der Waals surface area contributed by atoms with E-state index in [1.807, 2.05) is 0 Å². The Labute approximate surface area is 131 Å². The molecule has 0 aliphatic rings. The molecule has 102 valence electrons. The molecule has 1 aromatic carbocycles. The number of non-ortho nitro benzene ring substituents is 1. The maximum absolute atomic E-state index is 10.8. The van der Waals surface area contributed by atoms with E-state index >= 15 is 0 Å². The molecule has 0 saturated carbocycles. The third-order valence-electron chi connectivity index (χ3n) is 1.89. The van der Waals surface area contributed by atoms with Gasteiger partial charge in [-0.05, 0) is 0 Å². The van der Waals surface area contributed by atoms with Gasteiger partial charge in [0.1, 0.15) is 10.1 Å². The van der Waals surface area contributed by atoms with E-state index in [2.05, 4.69) is 0 Å². The van der Waals surface area contributed by atoms with E-state index in [0.29, 0.717) is 0 Å². The number of nitro benzene ring substituents is 3. The number of hydrogen-bond donors (Lipinski definition) is 0. The van der Waals surface area contributed by atoms with Crippen LogP contribution in [0.3, 0.4) is 0 Å². The monoisotopic (exact) mass is 315 g/mol. The second kappa shape index (κ2) is 6.19. The van der Waals surface area contributed by atoms with Gasteiger partial charge in [-0.1, -0.05) is 0 Å². The predicted molar refractivity (Wildman–Crippen MR) is 54.4 cm³/mol. The molecule has 0 heterocycles. The standard InChI is InChI=1S/C6H3N3O9S.Na/c10-7(11)3-1-4(8(12)13)6(19(16,17)18)5(2-3)9(14)15;/h1-2H,(H,16,17,18);/q;+1/p-1. The Kier molecular flexibility index (Phi) is 5.67. The van der Waals surface area contributed by atoms with E-state index in [-0.39, 0.29) is 41.7 Å². The average molecular weight is 315 g/mol. The third kappa shape index (κ3) is 3.67. The summed E-state index contributed by atoms with van der Waals surface area (Å²) in [6.45, 7) is 0. The Morgan fingerprint density at radius 1 is 0.850 bits per heavy atom. The zero-order valence-corrected chi connectivity index (χ0v) is 12.4. The molecule has 0 aliphatic carbocycles. The summed E-state index contributed by atoms with van der Waals surface area (Å²) < 4.78 is 32.5. The summed E-state index contributed by atoms with van der Waals surface area (Å²) in [6, 6.07) is 0.329. The van der Waals surface area contributed by atoms with Crippen LogP contribution in [0.25, 0.3) is 0 Å². The van der Waals surface area contributed by atoms with Crippen molar-refractivity contribution in [1.29, 1.82) is 0 Å². The molecule has 0 atom stereocenters. The SMILES string of the molecule is O=[N+]([O-])c1cc([N+](=O)[O-])c(S(=O)(=O)[O-])c([N+](=O)[O-])c1.[Na+]. The van der Waals surface area contributed by atoms with E-state index < -0.39 is 46.8 Å². The molecular weight excluding hydrogens is 313 g/mol. The van der Waals surface area contributed by atoms with Gasteiger partial charge in [0.2, 0.25) is 4.90 Å². The molecule has 0 bridgehead atoms. The molecule has 20 heavy (non-hydrogen) atoms. The molecule has 0 aromatic heterocycles. The first-order chi connectivity index (χ1) is 8.55. The van der Waals surface area contributed by atoms with E-state index in [0.717, 1.165) is 0 Å². The molecular formula is C6H2N3NaO9S. The Bertz CT molecular complexity index is 665. The minimum Gasteiger partial charge on any atom is -0.744 e. The van der Waals surface area contributed by atoms with Gasteiger partial charge in [0, 0.05) is 0 Å². The zero-order chi connectivity index (χ0) is 15.0. The van der Waals surface area contributed by atoms with Crippen LogP contribution in [0.15, 0.2) is 17.0 Å². The molecule has 0 spiro atoms. The normalized spacial score (nSPS) is 10.4. The van der Waals surface area contributed by atoms with Crippen LogP contribution in [0.5, 0.6) is 0 Å². The number of rotatable bonds is 4. The summed E-state index contributed by atoms with van der Waals surface area (Å²) in [5.41, 5.74) is -4.11. The number of nitrogens with zero attached hydrogens (tertiary/aromatic N) is 3. The molecule has 0 amide bonds. The van der Waals surface area contributed by atoms with E-state index in [1.54, 1.807) is 0 Å². The van der Waals surface area contributed by atoms with Crippen LogP contribution in [0.4, 0.5) is 17.1 Å². The van der Waals surface area contributed by atoms with Crippen LogP contribution in [0.2, 0.25) is 0 Å². The quantitative estimate of drug-likeness (QED) is 0.247. The van der Waals surface area contributed by atoms with Gasteiger partial charge in [-0.3, -0.25) is 30.3 Å². The zero-order valence-electron chi connectivity index (χ0n) is 9.58. The van der Waals surface area contributed by atoms with E-state index in [1.165, 1.54) is 0 Å². The molecule has 1 aromatic rings. The van der Waals surface area contributed by atoms with Crippen molar-refractivity contribution < 1.29 is 57.3 Å². The van der Waals surface area contributed by atoms with Crippen molar-refractivity contribution in [3.8, 4) is 0 Å². The fraction of sp³-hybridized carbons (Fsp3) is 0. The largest absolute Gasteiger partial charge is 1.00 e. The van der Waals surface area contributed by atoms with Gasteiger partial charge in [-0.15, -0.1) is 0 Å². The van der Waals surface area contributed by atoms with Crippen molar-refractivity contribution in [1.82, 2.24) is 0 Å².